The summed E-state index contributed by atoms with van der Waals surface area (Å²) in [5, 5.41) is 0. The van der Waals surface area contributed by atoms with Crippen LogP contribution in [0.2, 0.25) is 0 Å². The normalized spacial score (nSPS) is 17.0. The van der Waals surface area contributed by atoms with Gasteiger partial charge in [-0.25, -0.2) is 13.4 Å². The number of aromatic nitrogens is 1. The lowest BCUT2D eigenvalue weighted by molar-refractivity contribution is 0.0694. The SMILES string of the molecule is COc1ncccc1C(=O)N1CCN(S(C)(=O)=O)CC1. The highest BCUT2D eigenvalue weighted by atomic mass is 32.2. The molecule has 0 atom stereocenters. The molecular weight excluding hydrogens is 282 g/mol. The van der Waals surface area contributed by atoms with Gasteiger partial charge in [0.2, 0.25) is 15.9 Å². The number of piperazine rings is 1. The van der Waals surface area contributed by atoms with Crippen LogP contribution in [-0.4, -0.2) is 68.1 Å². The monoisotopic (exact) mass is 299 g/mol. The molecule has 8 heteroatoms. The minimum atomic E-state index is -3.19. The smallest absolute Gasteiger partial charge is 0.259 e. The summed E-state index contributed by atoms with van der Waals surface area (Å²) >= 11 is 0. The quantitative estimate of drug-likeness (QED) is 0.773. The van der Waals surface area contributed by atoms with E-state index in [2.05, 4.69) is 4.98 Å². The summed E-state index contributed by atoms with van der Waals surface area (Å²) in [5.74, 6) is 0.0890. The van der Waals surface area contributed by atoms with Crippen molar-refractivity contribution in [3.05, 3.63) is 23.9 Å². The van der Waals surface area contributed by atoms with E-state index in [0.29, 0.717) is 31.7 Å². The zero-order valence-electron chi connectivity index (χ0n) is 11.4. The largest absolute Gasteiger partial charge is 0.480 e. The van der Waals surface area contributed by atoms with Crippen LogP contribution in [0.3, 0.4) is 0 Å². The molecule has 0 spiro atoms. The number of rotatable bonds is 3. The van der Waals surface area contributed by atoms with E-state index in [1.165, 1.54) is 17.7 Å². The first-order valence-electron chi connectivity index (χ1n) is 6.17. The number of carbonyl (C=O) groups is 1. The van der Waals surface area contributed by atoms with Crippen LogP contribution >= 0.6 is 0 Å². The maximum Gasteiger partial charge on any atom is 0.259 e. The Morgan fingerprint density at radius 2 is 1.95 bits per heavy atom. The van der Waals surface area contributed by atoms with Crippen molar-refractivity contribution in [3.63, 3.8) is 0 Å². The first-order chi connectivity index (χ1) is 9.43. The highest BCUT2D eigenvalue weighted by Gasteiger charge is 2.27. The van der Waals surface area contributed by atoms with Gasteiger partial charge in [-0.05, 0) is 12.1 Å². The van der Waals surface area contributed by atoms with Crippen LogP contribution < -0.4 is 4.74 Å². The molecule has 0 unspecified atom stereocenters. The number of nitrogens with zero attached hydrogens (tertiary/aromatic N) is 3. The standard InChI is InChI=1S/C12H17N3O4S/c1-19-11-10(4-3-5-13-11)12(16)14-6-8-15(9-7-14)20(2,17)18/h3-5H,6-9H2,1-2H3. The predicted molar refractivity (Wildman–Crippen MR) is 73.1 cm³/mol. The summed E-state index contributed by atoms with van der Waals surface area (Å²) in [4.78, 5) is 18.0. The third kappa shape index (κ3) is 3.07. The van der Waals surface area contributed by atoms with Gasteiger partial charge in [-0.1, -0.05) is 0 Å². The van der Waals surface area contributed by atoms with Crippen LogP contribution in [0.5, 0.6) is 5.88 Å². The van der Waals surface area contributed by atoms with Gasteiger partial charge in [-0.3, -0.25) is 4.79 Å². The molecule has 7 nitrogen and oxygen atoms in total. The van der Waals surface area contributed by atoms with Gasteiger partial charge in [0.25, 0.3) is 5.91 Å². The lowest BCUT2D eigenvalue weighted by Gasteiger charge is -2.33. The molecular formula is C12H17N3O4S. The van der Waals surface area contributed by atoms with Crippen molar-refractivity contribution in [1.82, 2.24) is 14.2 Å². The third-order valence-electron chi connectivity index (χ3n) is 3.19. The van der Waals surface area contributed by atoms with Gasteiger partial charge in [0.05, 0.1) is 13.4 Å². The molecule has 20 heavy (non-hydrogen) atoms. The Balaban J connectivity index is 2.09. The average molecular weight is 299 g/mol. The number of pyridine rings is 1. The zero-order valence-corrected chi connectivity index (χ0v) is 12.3. The van der Waals surface area contributed by atoms with Crippen molar-refractivity contribution >= 4 is 15.9 Å². The van der Waals surface area contributed by atoms with Gasteiger partial charge in [-0.15, -0.1) is 0 Å². The summed E-state index contributed by atoms with van der Waals surface area (Å²) in [5.41, 5.74) is 0.391. The van der Waals surface area contributed by atoms with E-state index in [0.717, 1.165) is 0 Å². The number of methoxy groups -OCH3 is 1. The molecule has 0 aliphatic carbocycles. The van der Waals surface area contributed by atoms with E-state index in [1.807, 2.05) is 0 Å². The topological polar surface area (TPSA) is 79.8 Å². The van der Waals surface area contributed by atoms with E-state index in [4.69, 9.17) is 4.74 Å². The number of ether oxygens (including phenoxy) is 1. The second kappa shape index (κ2) is 5.76. The molecule has 1 aromatic heterocycles. The van der Waals surface area contributed by atoms with Gasteiger partial charge >= 0.3 is 0 Å². The molecule has 0 radical (unpaired) electrons. The Kier molecular flexibility index (Phi) is 4.24. The molecule has 0 N–H and O–H groups in total. The first kappa shape index (κ1) is 14.7. The second-order valence-corrected chi connectivity index (χ2v) is 6.50. The van der Waals surface area contributed by atoms with E-state index in [-0.39, 0.29) is 11.8 Å². The van der Waals surface area contributed by atoms with Crippen molar-refractivity contribution in [2.75, 3.05) is 39.5 Å². The molecule has 2 heterocycles. The molecule has 2 rings (SSSR count). The van der Waals surface area contributed by atoms with Gasteiger partial charge in [0.15, 0.2) is 0 Å². The van der Waals surface area contributed by atoms with Crippen molar-refractivity contribution in [1.29, 1.82) is 0 Å². The zero-order chi connectivity index (χ0) is 14.8. The van der Waals surface area contributed by atoms with E-state index in [1.54, 1.807) is 23.2 Å². The fourth-order valence-electron chi connectivity index (χ4n) is 2.11. The van der Waals surface area contributed by atoms with Crippen LogP contribution in [0.25, 0.3) is 0 Å². The van der Waals surface area contributed by atoms with Crippen LogP contribution in [-0.2, 0) is 10.0 Å². The molecule has 0 aromatic carbocycles. The Bertz CT molecular complexity index is 594. The van der Waals surface area contributed by atoms with Crippen molar-refractivity contribution < 1.29 is 17.9 Å². The average Bonchev–Trinajstić information content (AvgIpc) is 2.45. The van der Waals surface area contributed by atoms with E-state index < -0.39 is 10.0 Å². The summed E-state index contributed by atoms with van der Waals surface area (Å²) in [7, 11) is -1.74. The van der Waals surface area contributed by atoms with Crippen LogP contribution in [0, 0.1) is 0 Å². The van der Waals surface area contributed by atoms with Crippen LogP contribution in [0.4, 0.5) is 0 Å². The molecule has 1 amide bonds. The van der Waals surface area contributed by atoms with Crippen molar-refractivity contribution in [2.24, 2.45) is 0 Å². The fourth-order valence-corrected chi connectivity index (χ4v) is 2.94. The summed E-state index contributed by atoms with van der Waals surface area (Å²) in [6, 6.07) is 3.32. The maximum atomic E-state index is 12.4. The van der Waals surface area contributed by atoms with E-state index >= 15 is 0 Å². The van der Waals surface area contributed by atoms with Gasteiger partial charge in [0.1, 0.15) is 5.56 Å². The van der Waals surface area contributed by atoms with Crippen molar-refractivity contribution in [3.8, 4) is 5.88 Å². The first-order valence-corrected chi connectivity index (χ1v) is 8.01. The van der Waals surface area contributed by atoms with Gasteiger partial charge < -0.3 is 9.64 Å². The molecule has 1 aliphatic heterocycles. The van der Waals surface area contributed by atoms with Gasteiger partial charge in [-0.2, -0.15) is 4.31 Å². The molecule has 1 aliphatic rings. The number of hydrogen-bond donors (Lipinski definition) is 0. The summed E-state index contributed by atoms with van der Waals surface area (Å²) in [6.07, 6.45) is 2.73. The number of amides is 1. The van der Waals surface area contributed by atoms with Gasteiger partial charge in [0, 0.05) is 32.4 Å². The predicted octanol–water partition coefficient (Wildman–Crippen LogP) is -0.192. The Hall–Kier alpha value is -1.67. The number of hydrogen-bond acceptors (Lipinski definition) is 5. The van der Waals surface area contributed by atoms with Crippen LogP contribution in [0.15, 0.2) is 18.3 Å². The Morgan fingerprint density at radius 3 is 2.50 bits per heavy atom. The third-order valence-corrected chi connectivity index (χ3v) is 4.49. The molecule has 1 aromatic rings. The van der Waals surface area contributed by atoms with Crippen molar-refractivity contribution in [2.45, 2.75) is 0 Å². The van der Waals surface area contributed by atoms with E-state index in [9.17, 15) is 13.2 Å². The highest BCUT2D eigenvalue weighted by molar-refractivity contribution is 7.88. The molecule has 110 valence electrons. The minimum Gasteiger partial charge on any atom is -0.480 e. The number of carbonyl (C=O) groups excluding carboxylic acids is 1. The van der Waals surface area contributed by atoms with Crippen LogP contribution in [0.1, 0.15) is 10.4 Å². The highest BCUT2D eigenvalue weighted by Crippen LogP contribution is 2.17. The molecule has 1 saturated heterocycles. The minimum absolute atomic E-state index is 0.192. The maximum absolute atomic E-state index is 12.4. The summed E-state index contributed by atoms with van der Waals surface area (Å²) < 4.78 is 29.3. The fraction of sp³-hybridized carbons (Fsp3) is 0.500. The molecule has 0 saturated carbocycles. The lowest BCUT2D eigenvalue weighted by Crippen LogP contribution is -2.50. The number of sulfonamides is 1. The lowest BCUT2D eigenvalue weighted by atomic mass is 10.2. The molecule has 0 bridgehead atoms. The second-order valence-electron chi connectivity index (χ2n) is 4.51. The Morgan fingerprint density at radius 1 is 1.30 bits per heavy atom. The Labute approximate surface area is 118 Å². The summed E-state index contributed by atoms with van der Waals surface area (Å²) in [6.45, 7) is 1.36. The molecule has 1 fully saturated rings.